The van der Waals surface area contributed by atoms with Gasteiger partial charge in [-0.25, -0.2) is 20.0 Å². The number of nitrogens with zero attached hydrogens (tertiary/aromatic N) is 1. The first-order valence-electron chi connectivity index (χ1n) is 9.81. The second kappa shape index (κ2) is 11.8. The summed E-state index contributed by atoms with van der Waals surface area (Å²) in [6.45, 7) is 3.47. The van der Waals surface area contributed by atoms with E-state index >= 15 is 0 Å². The molecular weight excluding hydrogens is 386 g/mol. The van der Waals surface area contributed by atoms with Crippen molar-refractivity contribution in [3.05, 3.63) is 71.8 Å². The molecule has 8 nitrogen and oxygen atoms in total. The molecule has 0 fully saturated rings. The normalized spacial score (nSPS) is 12.8. The van der Waals surface area contributed by atoms with E-state index in [1.54, 1.807) is 13.8 Å². The summed E-state index contributed by atoms with van der Waals surface area (Å²) in [6, 6.07) is 17.7. The molecule has 0 radical (unpaired) electrons. The fraction of sp³-hybridized carbons (Fsp3) is 0.364. The van der Waals surface area contributed by atoms with Gasteiger partial charge in [0.1, 0.15) is 6.61 Å². The zero-order valence-electron chi connectivity index (χ0n) is 17.2. The number of carboxylic acid groups (broad SMARTS) is 1. The molecule has 2 amide bonds. The number of aliphatic hydroxyl groups is 1. The van der Waals surface area contributed by atoms with Gasteiger partial charge in [-0.2, -0.15) is 0 Å². The Morgan fingerprint density at radius 3 is 2.10 bits per heavy atom. The number of rotatable bonds is 10. The molecule has 2 aromatic rings. The van der Waals surface area contributed by atoms with Gasteiger partial charge in [0.05, 0.1) is 18.7 Å². The van der Waals surface area contributed by atoms with Gasteiger partial charge in [-0.1, -0.05) is 60.7 Å². The van der Waals surface area contributed by atoms with Crippen molar-refractivity contribution in [3.8, 4) is 0 Å². The van der Waals surface area contributed by atoms with Crippen LogP contribution in [-0.4, -0.2) is 52.1 Å². The van der Waals surface area contributed by atoms with Gasteiger partial charge in [0, 0.05) is 6.04 Å². The Labute approximate surface area is 176 Å². The summed E-state index contributed by atoms with van der Waals surface area (Å²) < 4.78 is 5.26. The molecule has 0 aromatic heterocycles. The van der Waals surface area contributed by atoms with Crippen LogP contribution in [0.3, 0.4) is 0 Å². The lowest BCUT2D eigenvalue weighted by atomic mass is 10.0. The van der Waals surface area contributed by atoms with Crippen molar-refractivity contribution < 1.29 is 24.5 Å². The van der Waals surface area contributed by atoms with E-state index in [9.17, 15) is 19.8 Å². The maximum atomic E-state index is 12.3. The van der Waals surface area contributed by atoms with Crippen molar-refractivity contribution in [2.24, 2.45) is 0 Å². The van der Waals surface area contributed by atoms with Gasteiger partial charge < -0.3 is 20.3 Å². The fourth-order valence-corrected chi connectivity index (χ4v) is 2.88. The number of hydrazine groups is 1. The molecular formula is C22H29N3O5. The van der Waals surface area contributed by atoms with E-state index in [0.29, 0.717) is 6.42 Å². The molecule has 2 atom stereocenters. The van der Waals surface area contributed by atoms with E-state index in [1.807, 2.05) is 60.7 Å². The number of nitrogens with one attached hydrogen (secondary N) is 2. The lowest BCUT2D eigenvalue weighted by Gasteiger charge is -2.29. The van der Waals surface area contributed by atoms with Crippen LogP contribution >= 0.6 is 0 Å². The van der Waals surface area contributed by atoms with Gasteiger partial charge in [-0.3, -0.25) is 0 Å². The topological polar surface area (TPSA) is 111 Å². The van der Waals surface area contributed by atoms with Crippen LogP contribution in [0.2, 0.25) is 0 Å². The van der Waals surface area contributed by atoms with Crippen LogP contribution in [0, 0.1) is 0 Å². The summed E-state index contributed by atoms with van der Waals surface area (Å²) in [5.74, 6) is 0. The predicted octanol–water partition coefficient (Wildman–Crippen LogP) is 2.78. The van der Waals surface area contributed by atoms with Crippen LogP contribution in [0.25, 0.3) is 0 Å². The van der Waals surface area contributed by atoms with Gasteiger partial charge in [0.15, 0.2) is 0 Å². The fourth-order valence-electron chi connectivity index (χ4n) is 2.88. The first kappa shape index (κ1) is 23.2. The minimum absolute atomic E-state index is 0.0942. The molecule has 0 aliphatic rings. The molecule has 162 valence electrons. The van der Waals surface area contributed by atoms with Crippen LogP contribution in [-0.2, 0) is 17.8 Å². The van der Waals surface area contributed by atoms with E-state index in [0.717, 1.165) is 16.1 Å². The highest BCUT2D eigenvalue weighted by atomic mass is 16.5. The van der Waals surface area contributed by atoms with E-state index < -0.39 is 24.3 Å². The van der Waals surface area contributed by atoms with Crippen molar-refractivity contribution >= 4 is 12.2 Å². The first-order chi connectivity index (χ1) is 14.3. The van der Waals surface area contributed by atoms with Gasteiger partial charge in [0.25, 0.3) is 0 Å². The molecule has 4 N–H and O–H groups in total. The maximum absolute atomic E-state index is 12.3. The molecule has 0 aliphatic carbocycles. The Kier molecular flexibility index (Phi) is 9.11. The standard InChI is InChI=1S/C22H29N3O5/c1-16(2)24-25(22(28)29)14-20(26)19(13-17-9-5-3-6-10-17)23-21(27)30-15-18-11-7-4-8-12-18/h3-12,16,19-20,24,26H,13-15H2,1-2H3,(H,23,27)(H,28,29)/t19-,20+/m0/s1. The van der Waals surface area contributed by atoms with Gasteiger partial charge >= 0.3 is 12.2 Å². The number of carbonyl (C=O) groups excluding carboxylic acids is 1. The number of amides is 2. The van der Waals surface area contributed by atoms with Crippen LogP contribution in [0.4, 0.5) is 9.59 Å². The third kappa shape index (κ3) is 8.10. The van der Waals surface area contributed by atoms with Crippen molar-refractivity contribution in [2.75, 3.05) is 6.54 Å². The smallest absolute Gasteiger partial charge is 0.421 e. The van der Waals surface area contributed by atoms with Crippen LogP contribution in [0.5, 0.6) is 0 Å². The molecule has 0 saturated heterocycles. The SMILES string of the molecule is CC(C)NN(C[C@@H](O)[C@H](Cc1ccccc1)NC(=O)OCc1ccccc1)C(=O)O. The van der Waals surface area contributed by atoms with Gasteiger partial charge in [0.2, 0.25) is 0 Å². The van der Waals surface area contributed by atoms with E-state index in [1.165, 1.54) is 0 Å². The highest BCUT2D eigenvalue weighted by Gasteiger charge is 2.27. The quantitative estimate of drug-likeness (QED) is 0.444. The molecule has 2 rings (SSSR count). The second-order valence-corrected chi connectivity index (χ2v) is 7.25. The molecule has 0 spiro atoms. The van der Waals surface area contributed by atoms with Crippen molar-refractivity contribution in [3.63, 3.8) is 0 Å². The number of benzene rings is 2. The third-order valence-electron chi connectivity index (χ3n) is 4.29. The molecule has 0 saturated carbocycles. The molecule has 0 unspecified atom stereocenters. The zero-order chi connectivity index (χ0) is 21.9. The van der Waals surface area contributed by atoms with Crippen LogP contribution in [0.15, 0.2) is 60.7 Å². The van der Waals surface area contributed by atoms with Crippen LogP contribution < -0.4 is 10.7 Å². The first-order valence-corrected chi connectivity index (χ1v) is 9.81. The minimum atomic E-state index is -1.21. The predicted molar refractivity (Wildman–Crippen MR) is 113 cm³/mol. The lowest BCUT2D eigenvalue weighted by molar-refractivity contribution is 0.0463. The number of ether oxygens (including phenoxy) is 1. The Morgan fingerprint density at radius 2 is 1.57 bits per heavy atom. The third-order valence-corrected chi connectivity index (χ3v) is 4.29. The Hall–Kier alpha value is -3.10. The zero-order valence-corrected chi connectivity index (χ0v) is 17.2. The number of alkyl carbamates (subject to hydrolysis) is 1. The summed E-state index contributed by atoms with van der Waals surface area (Å²) in [5.41, 5.74) is 4.49. The minimum Gasteiger partial charge on any atom is -0.464 e. The van der Waals surface area contributed by atoms with Crippen molar-refractivity contribution in [1.82, 2.24) is 15.8 Å². The Bertz CT molecular complexity index is 786. The Morgan fingerprint density at radius 1 is 1.00 bits per heavy atom. The molecule has 0 heterocycles. The number of hydrogen-bond donors (Lipinski definition) is 4. The second-order valence-electron chi connectivity index (χ2n) is 7.25. The molecule has 8 heteroatoms. The van der Waals surface area contributed by atoms with Gasteiger partial charge in [-0.05, 0) is 31.4 Å². The molecule has 30 heavy (non-hydrogen) atoms. The average Bonchev–Trinajstić information content (AvgIpc) is 2.72. The van der Waals surface area contributed by atoms with E-state index in [2.05, 4.69) is 10.7 Å². The Balaban J connectivity index is 2.04. The summed E-state index contributed by atoms with van der Waals surface area (Å²) in [5, 5.41) is 23.7. The summed E-state index contributed by atoms with van der Waals surface area (Å²) in [7, 11) is 0. The number of aliphatic hydroxyl groups excluding tert-OH is 1. The van der Waals surface area contributed by atoms with E-state index in [4.69, 9.17) is 4.74 Å². The summed E-state index contributed by atoms with van der Waals surface area (Å²) in [6.07, 6.45) is -2.74. The average molecular weight is 415 g/mol. The molecule has 0 bridgehead atoms. The number of carbonyl (C=O) groups is 2. The van der Waals surface area contributed by atoms with Crippen LogP contribution in [0.1, 0.15) is 25.0 Å². The molecule has 2 aromatic carbocycles. The highest BCUT2D eigenvalue weighted by molar-refractivity contribution is 5.68. The lowest BCUT2D eigenvalue weighted by Crippen LogP contribution is -2.54. The van der Waals surface area contributed by atoms with Crippen molar-refractivity contribution in [2.45, 2.75) is 45.1 Å². The summed E-state index contributed by atoms with van der Waals surface area (Å²) in [4.78, 5) is 23.8. The largest absolute Gasteiger partial charge is 0.464 e. The monoisotopic (exact) mass is 415 g/mol. The summed E-state index contributed by atoms with van der Waals surface area (Å²) >= 11 is 0. The highest BCUT2D eigenvalue weighted by Crippen LogP contribution is 2.09. The van der Waals surface area contributed by atoms with Crippen molar-refractivity contribution in [1.29, 1.82) is 0 Å². The molecule has 0 aliphatic heterocycles. The maximum Gasteiger partial charge on any atom is 0.421 e. The van der Waals surface area contributed by atoms with E-state index in [-0.39, 0.29) is 19.2 Å². The van der Waals surface area contributed by atoms with Gasteiger partial charge in [-0.15, -0.1) is 0 Å². The number of hydrogen-bond acceptors (Lipinski definition) is 5.